The molecule has 4 aromatic heterocycles. The molecule has 0 fully saturated rings. The van der Waals surface area contributed by atoms with E-state index < -0.39 is 0 Å². The van der Waals surface area contributed by atoms with Gasteiger partial charge in [0.25, 0.3) is 0 Å². The predicted octanol–water partition coefficient (Wildman–Crippen LogP) is 13.8. The summed E-state index contributed by atoms with van der Waals surface area (Å²) in [7, 11) is 0. The quantitative estimate of drug-likeness (QED) is 0.163. The lowest BCUT2D eigenvalue weighted by atomic mass is 10.0. The molecule has 0 atom stereocenters. The van der Waals surface area contributed by atoms with E-state index in [1.54, 1.807) is 0 Å². The van der Waals surface area contributed by atoms with E-state index in [1.807, 2.05) is 36.4 Å². The summed E-state index contributed by atoms with van der Waals surface area (Å²) in [6, 6.07) is 68.6. The maximum Gasteiger partial charge on any atom is 0.160 e. The minimum absolute atomic E-state index is 0.683. The van der Waals surface area contributed by atoms with Gasteiger partial charge in [0.05, 0.1) is 27.9 Å². The zero-order valence-electron chi connectivity index (χ0n) is 32.1. The highest BCUT2D eigenvalue weighted by Crippen LogP contribution is 2.42. The second-order valence-electron chi connectivity index (χ2n) is 15.2. The number of aromatic nitrogens is 4. The van der Waals surface area contributed by atoms with Gasteiger partial charge in [0.2, 0.25) is 0 Å². The van der Waals surface area contributed by atoms with Gasteiger partial charge in [0.15, 0.2) is 5.82 Å². The van der Waals surface area contributed by atoms with Gasteiger partial charge >= 0.3 is 0 Å². The van der Waals surface area contributed by atoms with Crippen molar-refractivity contribution in [1.29, 1.82) is 0 Å². The van der Waals surface area contributed by atoms with Gasteiger partial charge in [-0.3, -0.25) is 0 Å². The van der Waals surface area contributed by atoms with Gasteiger partial charge in [0, 0.05) is 66.8 Å². The van der Waals surface area contributed by atoms with Crippen LogP contribution in [0.25, 0.3) is 105 Å². The Balaban J connectivity index is 1.02. The van der Waals surface area contributed by atoms with Crippen molar-refractivity contribution in [3.05, 3.63) is 200 Å². The van der Waals surface area contributed by atoms with E-state index in [2.05, 4.69) is 167 Å². The molecule has 278 valence electrons. The van der Waals surface area contributed by atoms with Crippen LogP contribution >= 0.6 is 0 Å². The van der Waals surface area contributed by atoms with E-state index in [4.69, 9.17) is 14.4 Å². The maximum atomic E-state index is 7.02. The largest absolute Gasteiger partial charge is 0.455 e. The van der Waals surface area contributed by atoms with Gasteiger partial charge in [-0.05, 0) is 48.4 Å². The Hall–Kier alpha value is -7.76. The Morgan fingerprint density at radius 1 is 0.424 bits per heavy atom. The molecule has 0 aliphatic heterocycles. The topological polar surface area (TPSA) is 48.8 Å². The molecule has 0 saturated heterocycles. The normalized spacial score (nSPS) is 11.9. The first-order chi connectivity index (χ1) is 29.3. The fourth-order valence-corrected chi connectivity index (χ4v) is 9.23. The van der Waals surface area contributed by atoms with Gasteiger partial charge in [-0.2, -0.15) is 0 Å². The summed E-state index contributed by atoms with van der Waals surface area (Å²) in [5.41, 5.74) is 13.6. The summed E-state index contributed by atoms with van der Waals surface area (Å²) >= 11 is 0. The van der Waals surface area contributed by atoms with E-state index >= 15 is 0 Å². The summed E-state index contributed by atoms with van der Waals surface area (Å²) in [5.74, 6) is 0.683. The second-order valence-corrected chi connectivity index (χ2v) is 15.2. The Morgan fingerprint density at radius 2 is 1.00 bits per heavy atom. The van der Waals surface area contributed by atoms with Crippen LogP contribution in [0, 0.1) is 0 Å². The fourth-order valence-electron chi connectivity index (χ4n) is 9.23. The molecule has 8 aromatic carbocycles. The first-order valence-electron chi connectivity index (χ1n) is 20.2. The third-order valence-corrected chi connectivity index (χ3v) is 11.9. The minimum atomic E-state index is 0.683. The molecule has 12 rings (SSSR count). The molecule has 0 amide bonds. The zero-order chi connectivity index (χ0) is 38.9. The molecule has 0 aliphatic carbocycles. The third-order valence-electron chi connectivity index (χ3n) is 11.9. The third kappa shape index (κ3) is 5.32. The molecule has 59 heavy (non-hydrogen) atoms. The molecule has 0 saturated carbocycles. The van der Waals surface area contributed by atoms with Crippen molar-refractivity contribution in [3.8, 4) is 39.6 Å². The highest BCUT2D eigenvalue weighted by molar-refractivity contribution is 6.23. The lowest BCUT2D eigenvalue weighted by molar-refractivity contribution is 0.656. The number of para-hydroxylation sites is 5. The molecule has 0 unspecified atom stereocenters. The molecule has 0 radical (unpaired) electrons. The van der Waals surface area contributed by atoms with Crippen molar-refractivity contribution in [2.24, 2.45) is 0 Å². The van der Waals surface area contributed by atoms with Crippen LogP contribution < -0.4 is 0 Å². The Morgan fingerprint density at radius 3 is 1.76 bits per heavy atom. The van der Waals surface area contributed by atoms with E-state index in [-0.39, 0.29) is 0 Å². The van der Waals surface area contributed by atoms with Gasteiger partial charge in [0.1, 0.15) is 11.2 Å². The van der Waals surface area contributed by atoms with E-state index in [0.29, 0.717) is 5.82 Å². The lowest BCUT2D eigenvalue weighted by Crippen LogP contribution is -2.03. The standard InChI is InChI=1S/C54H36N4O/c1-4-16-35(17-5-1)46-34-47(56-54(55-46)37-18-6-2-7-19-37)45-27-15-26-44-43-25-14-20-36(52(43)59-53(44)45)32-33-57-48-28-12-10-23-39(48)41-30-31-42-40-24-11-13-29-49(40)58(51(42)50(41)57)38-21-8-3-9-22-38/h1-31,34H,32-33H2. The average molecular weight is 757 g/mol. The number of nitrogens with zero attached hydrogens (tertiary/aromatic N) is 4. The van der Waals surface area contributed by atoms with Gasteiger partial charge < -0.3 is 13.6 Å². The predicted molar refractivity (Wildman–Crippen MR) is 243 cm³/mol. The van der Waals surface area contributed by atoms with E-state index in [1.165, 1.54) is 49.2 Å². The van der Waals surface area contributed by atoms with E-state index in [0.717, 1.165) is 68.7 Å². The lowest BCUT2D eigenvalue weighted by Gasteiger charge is -2.12. The van der Waals surface area contributed by atoms with Crippen LogP contribution in [0.1, 0.15) is 5.56 Å². The van der Waals surface area contributed by atoms with Crippen LogP contribution in [0.15, 0.2) is 199 Å². The Bertz CT molecular complexity index is 3490. The Labute approximate surface area is 340 Å². The van der Waals surface area contributed by atoms with Gasteiger partial charge in [-0.1, -0.05) is 158 Å². The average Bonchev–Trinajstić information content (AvgIpc) is 3.97. The summed E-state index contributed by atoms with van der Waals surface area (Å²) < 4.78 is 12.0. The van der Waals surface area contributed by atoms with Crippen molar-refractivity contribution in [2.45, 2.75) is 13.0 Å². The molecular weight excluding hydrogens is 721 g/mol. The molecule has 5 heteroatoms. The molecule has 5 nitrogen and oxygen atoms in total. The van der Waals surface area contributed by atoms with Gasteiger partial charge in [-0.15, -0.1) is 0 Å². The summed E-state index contributed by atoms with van der Waals surface area (Å²) in [4.78, 5) is 10.2. The molecule has 0 N–H and O–H groups in total. The number of hydrogen-bond acceptors (Lipinski definition) is 3. The fraction of sp³-hybridized carbons (Fsp3) is 0.0370. The highest BCUT2D eigenvalue weighted by Gasteiger charge is 2.22. The summed E-state index contributed by atoms with van der Waals surface area (Å²) in [6.45, 7) is 0.773. The van der Waals surface area contributed by atoms with Crippen molar-refractivity contribution in [2.75, 3.05) is 0 Å². The number of hydrogen-bond donors (Lipinski definition) is 0. The highest BCUT2D eigenvalue weighted by atomic mass is 16.3. The van der Waals surface area contributed by atoms with Crippen LogP contribution in [0.5, 0.6) is 0 Å². The van der Waals surface area contributed by atoms with E-state index in [9.17, 15) is 0 Å². The monoisotopic (exact) mass is 756 g/mol. The number of benzene rings is 8. The molecular formula is C54H36N4O. The molecule has 0 aliphatic rings. The smallest absolute Gasteiger partial charge is 0.160 e. The first-order valence-corrected chi connectivity index (χ1v) is 20.2. The zero-order valence-corrected chi connectivity index (χ0v) is 32.1. The number of aryl methyl sites for hydroxylation is 2. The second kappa shape index (κ2) is 13.4. The minimum Gasteiger partial charge on any atom is -0.455 e. The van der Waals surface area contributed by atoms with Crippen LogP contribution in [0.4, 0.5) is 0 Å². The summed E-state index contributed by atoms with van der Waals surface area (Å²) in [6.07, 6.45) is 0.784. The number of fused-ring (bicyclic) bond motifs is 10. The molecule has 0 bridgehead atoms. The van der Waals surface area contributed by atoms with Crippen molar-refractivity contribution >= 4 is 65.6 Å². The molecule has 4 heterocycles. The van der Waals surface area contributed by atoms with Crippen LogP contribution in [-0.2, 0) is 13.0 Å². The number of furan rings is 1. The van der Waals surface area contributed by atoms with Crippen LogP contribution in [0.3, 0.4) is 0 Å². The molecule has 12 aromatic rings. The first kappa shape index (κ1) is 33.4. The Kier molecular flexibility index (Phi) is 7.60. The number of rotatable bonds is 7. The van der Waals surface area contributed by atoms with Crippen LogP contribution in [0.2, 0.25) is 0 Å². The van der Waals surface area contributed by atoms with Crippen molar-refractivity contribution in [3.63, 3.8) is 0 Å². The molecule has 0 spiro atoms. The van der Waals surface area contributed by atoms with Crippen LogP contribution in [-0.4, -0.2) is 19.1 Å². The summed E-state index contributed by atoms with van der Waals surface area (Å²) in [5, 5.41) is 7.21. The SMILES string of the molecule is c1ccc(-c2cc(-c3cccc4c3oc3c(CCn5c6ccccc6c6ccc7c8ccccc8n(-c8ccccc8)c7c65)cccc34)nc(-c3ccccc3)n2)cc1. The maximum absolute atomic E-state index is 7.02. The van der Waals surface area contributed by atoms with Crippen molar-refractivity contribution < 1.29 is 4.42 Å². The van der Waals surface area contributed by atoms with Crippen molar-refractivity contribution in [1.82, 2.24) is 19.1 Å². The van der Waals surface area contributed by atoms with Gasteiger partial charge in [-0.25, -0.2) is 9.97 Å².